The molecule has 0 spiro atoms. The van der Waals surface area contributed by atoms with Crippen LogP contribution in [0.25, 0.3) is 0 Å². The Bertz CT molecular complexity index is 581. The van der Waals surface area contributed by atoms with Crippen LogP contribution in [0.1, 0.15) is 5.56 Å². The zero-order chi connectivity index (χ0) is 14.7. The second kappa shape index (κ2) is 5.39. The van der Waals surface area contributed by atoms with Gasteiger partial charge in [-0.2, -0.15) is 5.10 Å². The smallest absolute Gasteiger partial charge is 0.348 e. The number of hydrazone groups is 1. The average molecular weight is 277 g/mol. The van der Waals surface area contributed by atoms with Crippen LogP contribution in [0.5, 0.6) is 5.75 Å². The van der Waals surface area contributed by atoms with Crippen LogP contribution in [0.2, 0.25) is 0 Å². The molecule has 2 N–H and O–H groups in total. The summed E-state index contributed by atoms with van der Waals surface area (Å²) in [5, 5.41) is 22.4. The summed E-state index contributed by atoms with van der Waals surface area (Å²) in [6.07, 6.45) is 1.34. The van der Waals surface area contributed by atoms with Crippen molar-refractivity contribution in [2.24, 2.45) is 5.10 Å². The Hall–Kier alpha value is -2.90. The van der Waals surface area contributed by atoms with E-state index in [1.54, 1.807) is 12.1 Å². The average Bonchev–Trinajstić information content (AvgIpc) is 2.65. The lowest BCUT2D eigenvalue weighted by Crippen LogP contribution is -2.35. The molecule has 0 bridgehead atoms. The Balaban J connectivity index is 2.07. The van der Waals surface area contributed by atoms with Crippen molar-refractivity contribution in [1.29, 1.82) is 0 Å². The summed E-state index contributed by atoms with van der Waals surface area (Å²) >= 11 is 0. The van der Waals surface area contributed by atoms with Gasteiger partial charge in [-0.05, 0) is 29.8 Å². The van der Waals surface area contributed by atoms with Crippen molar-refractivity contribution in [3.63, 3.8) is 0 Å². The summed E-state index contributed by atoms with van der Waals surface area (Å²) in [4.78, 5) is 34.4. The van der Waals surface area contributed by atoms with Crippen molar-refractivity contribution < 1.29 is 24.6 Å². The maximum Gasteiger partial charge on any atom is 0.348 e. The Morgan fingerprint density at radius 3 is 2.55 bits per heavy atom. The fraction of sp³-hybridized carbons (Fsp3) is 0.167. The van der Waals surface area contributed by atoms with Crippen LogP contribution < -0.4 is 0 Å². The van der Waals surface area contributed by atoms with E-state index in [-0.39, 0.29) is 12.3 Å². The first-order chi connectivity index (χ1) is 9.47. The van der Waals surface area contributed by atoms with E-state index in [2.05, 4.69) is 5.10 Å². The lowest BCUT2D eigenvalue weighted by molar-refractivity contribution is -0.141. The quantitative estimate of drug-likeness (QED) is 0.598. The molecule has 8 nitrogen and oxygen atoms in total. The van der Waals surface area contributed by atoms with Crippen LogP contribution in [-0.2, 0) is 9.59 Å². The van der Waals surface area contributed by atoms with Crippen molar-refractivity contribution in [2.45, 2.75) is 0 Å². The lowest BCUT2D eigenvalue weighted by Gasteiger charge is -2.10. The van der Waals surface area contributed by atoms with E-state index in [1.807, 2.05) is 0 Å². The van der Waals surface area contributed by atoms with Gasteiger partial charge in [-0.15, -0.1) is 0 Å². The van der Waals surface area contributed by atoms with E-state index in [9.17, 15) is 14.4 Å². The van der Waals surface area contributed by atoms with Gasteiger partial charge in [0.25, 0.3) is 5.91 Å². The van der Waals surface area contributed by atoms with Crippen LogP contribution in [0.3, 0.4) is 0 Å². The molecule has 0 saturated carbocycles. The van der Waals surface area contributed by atoms with E-state index in [4.69, 9.17) is 10.2 Å². The van der Waals surface area contributed by atoms with Crippen molar-refractivity contribution in [1.82, 2.24) is 9.91 Å². The zero-order valence-electron chi connectivity index (χ0n) is 10.3. The molecule has 3 amide bonds. The number of amides is 3. The molecule has 0 unspecified atom stereocenters. The summed E-state index contributed by atoms with van der Waals surface area (Å²) in [6, 6.07) is 5.30. The Morgan fingerprint density at radius 2 is 1.95 bits per heavy atom. The van der Waals surface area contributed by atoms with Gasteiger partial charge in [0.2, 0.25) is 0 Å². The molecule has 1 aliphatic heterocycles. The summed E-state index contributed by atoms with van der Waals surface area (Å²) < 4.78 is 0. The number of carboxylic acids is 1. The molecular formula is C12H11N3O5. The minimum atomic E-state index is -1.27. The molecule has 104 valence electrons. The highest BCUT2D eigenvalue weighted by Crippen LogP contribution is 2.11. The molecule has 1 aromatic rings. The molecule has 0 radical (unpaired) electrons. The highest BCUT2D eigenvalue weighted by atomic mass is 16.4. The van der Waals surface area contributed by atoms with Crippen LogP contribution in [0.4, 0.5) is 4.79 Å². The third-order valence-corrected chi connectivity index (χ3v) is 2.57. The number of urea groups is 1. The van der Waals surface area contributed by atoms with Crippen molar-refractivity contribution >= 4 is 24.1 Å². The molecule has 1 aliphatic rings. The monoisotopic (exact) mass is 277 g/mol. The minimum Gasteiger partial charge on any atom is -0.508 e. The standard InChI is InChI=1S/C12H11N3O5/c16-9-3-1-8(2-4-9)5-13-15-6-10(17)14(12(15)20)7-11(18)19/h1-5,16H,6-7H2,(H,18,19)/b13-5+. The number of hydrogen-bond donors (Lipinski definition) is 2. The Morgan fingerprint density at radius 1 is 1.30 bits per heavy atom. The number of hydrogen-bond acceptors (Lipinski definition) is 5. The van der Waals surface area contributed by atoms with E-state index >= 15 is 0 Å². The maximum atomic E-state index is 11.7. The molecule has 2 rings (SSSR count). The number of rotatable bonds is 4. The van der Waals surface area contributed by atoms with Gasteiger partial charge < -0.3 is 10.2 Å². The molecular weight excluding hydrogens is 266 g/mol. The second-order valence-corrected chi connectivity index (χ2v) is 4.05. The molecule has 20 heavy (non-hydrogen) atoms. The number of aliphatic carboxylic acids is 1. The number of phenols is 1. The molecule has 0 aromatic heterocycles. The van der Waals surface area contributed by atoms with Gasteiger partial charge in [-0.3, -0.25) is 9.59 Å². The molecule has 1 fully saturated rings. The molecule has 0 atom stereocenters. The maximum absolute atomic E-state index is 11.7. The third kappa shape index (κ3) is 2.91. The number of carbonyl (C=O) groups excluding carboxylic acids is 2. The van der Waals surface area contributed by atoms with E-state index in [0.717, 1.165) is 5.01 Å². The topological polar surface area (TPSA) is 111 Å². The number of imide groups is 1. The number of phenolic OH excluding ortho intramolecular Hbond substituents is 1. The second-order valence-electron chi connectivity index (χ2n) is 4.05. The van der Waals surface area contributed by atoms with Gasteiger partial charge >= 0.3 is 12.0 Å². The van der Waals surface area contributed by atoms with Crippen LogP contribution in [0.15, 0.2) is 29.4 Å². The highest BCUT2D eigenvalue weighted by Gasteiger charge is 2.37. The van der Waals surface area contributed by atoms with E-state index in [1.165, 1.54) is 18.3 Å². The first kappa shape index (κ1) is 13.5. The summed E-state index contributed by atoms with van der Waals surface area (Å²) in [7, 11) is 0. The predicted molar refractivity (Wildman–Crippen MR) is 67.2 cm³/mol. The third-order valence-electron chi connectivity index (χ3n) is 2.57. The van der Waals surface area contributed by atoms with Gasteiger partial charge in [0, 0.05) is 0 Å². The summed E-state index contributed by atoms with van der Waals surface area (Å²) in [5.74, 6) is -1.78. The summed E-state index contributed by atoms with van der Waals surface area (Å²) in [6.45, 7) is -0.969. The van der Waals surface area contributed by atoms with E-state index < -0.39 is 24.5 Å². The molecule has 1 saturated heterocycles. The van der Waals surface area contributed by atoms with Gasteiger partial charge in [0.1, 0.15) is 18.8 Å². The number of nitrogens with zero attached hydrogens (tertiary/aromatic N) is 3. The Labute approximate surface area is 113 Å². The first-order valence-electron chi connectivity index (χ1n) is 5.64. The lowest BCUT2D eigenvalue weighted by atomic mass is 10.2. The predicted octanol–water partition coefficient (Wildman–Crippen LogP) is 0.0749. The number of aromatic hydroxyl groups is 1. The van der Waals surface area contributed by atoms with Crippen LogP contribution >= 0.6 is 0 Å². The number of carboxylic acid groups (broad SMARTS) is 1. The van der Waals surface area contributed by atoms with Crippen LogP contribution in [-0.4, -0.2) is 57.3 Å². The Kier molecular flexibility index (Phi) is 3.65. The van der Waals surface area contributed by atoms with Gasteiger partial charge in [-0.25, -0.2) is 14.7 Å². The van der Waals surface area contributed by atoms with E-state index in [0.29, 0.717) is 10.5 Å². The van der Waals surface area contributed by atoms with Crippen molar-refractivity contribution in [3.8, 4) is 5.75 Å². The van der Waals surface area contributed by atoms with Crippen molar-refractivity contribution in [2.75, 3.05) is 13.1 Å². The van der Waals surface area contributed by atoms with Crippen molar-refractivity contribution in [3.05, 3.63) is 29.8 Å². The molecule has 0 aliphatic carbocycles. The van der Waals surface area contributed by atoms with Gasteiger partial charge in [-0.1, -0.05) is 0 Å². The number of benzene rings is 1. The zero-order valence-corrected chi connectivity index (χ0v) is 10.3. The number of carbonyl (C=O) groups is 3. The van der Waals surface area contributed by atoms with Gasteiger partial charge in [0.15, 0.2) is 0 Å². The minimum absolute atomic E-state index is 0.0993. The largest absolute Gasteiger partial charge is 0.508 e. The normalized spacial score (nSPS) is 15.4. The molecule has 1 aromatic carbocycles. The fourth-order valence-corrected chi connectivity index (χ4v) is 1.61. The molecule has 8 heteroatoms. The summed E-state index contributed by atoms with van der Waals surface area (Å²) in [5.41, 5.74) is 0.625. The fourth-order valence-electron chi connectivity index (χ4n) is 1.61. The SMILES string of the molecule is O=C(O)CN1C(=O)CN(/N=C/c2ccc(O)cc2)C1=O. The molecule has 1 heterocycles. The van der Waals surface area contributed by atoms with Gasteiger partial charge in [0.05, 0.1) is 6.21 Å². The first-order valence-corrected chi connectivity index (χ1v) is 5.64. The highest BCUT2D eigenvalue weighted by molar-refractivity contribution is 6.04. The van der Waals surface area contributed by atoms with Crippen LogP contribution in [0, 0.1) is 0 Å².